The number of aromatic carboxylic acids is 1. The molecule has 0 spiro atoms. The van der Waals surface area contributed by atoms with Crippen molar-refractivity contribution in [3.63, 3.8) is 0 Å². The number of ketones is 1. The Balaban J connectivity index is 0.000000247. The molecule has 0 fully saturated rings. The quantitative estimate of drug-likeness (QED) is 0.145. The molecule has 0 bridgehead atoms. The van der Waals surface area contributed by atoms with Crippen molar-refractivity contribution in [2.24, 2.45) is 5.14 Å². The average molecular weight is 782 g/mol. The number of nitrogens with zero attached hydrogens (tertiary/aromatic N) is 8. The van der Waals surface area contributed by atoms with Crippen LogP contribution in [0.1, 0.15) is 21.0 Å². The molecule has 0 aliphatic heterocycles. The molecule has 6 rings (SSSR count). The summed E-state index contributed by atoms with van der Waals surface area (Å²) in [5.74, 6) is -3.53. The van der Waals surface area contributed by atoms with Crippen molar-refractivity contribution in [2.75, 3.05) is 18.3 Å². The standard InChI is InChI=1S/C15H11FN4O3S2.C13H7FN4O2S.CH5NO2S.Li/c1-25(22,23)8-13(21)11-3-2-4-12(18-11)15-20-19-14(24-15)9-5-10(16)7-17-6-9;14-8-4-7(5-15-6-8)11-17-18-12(21-11)9-2-1-3-10(16-9)13(19)20;1-5(2,3)4;/h2-7H,8H2,1H3;1-6H,(H,19,20);1H3,(H2,2,3,4);/q;;;+1/p-1. The predicted molar refractivity (Wildman–Crippen MR) is 180 cm³/mol. The second kappa shape index (κ2) is 18.1. The minimum atomic E-state index is -3.44. The predicted octanol–water partition coefficient (Wildman–Crippen LogP) is -0.898. The number of nitrogens with two attached hydrogens (primary N) is 1. The summed E-state index contributed by atoms with van der Waals surface area (Å²) in [6.07, 6.45) is 7.04. The van der Waals surface area contributed by atoms with Crippen molar-refractivity contribution in [3.05, 3.63) is 96.3 Å². The molecule has 16 nitrogen and oxygen atoms in total. The van der Waals surface area contributed by atoms with Crippen LogP contribution in [-0.2, 0) is 19.9 Å². The zero-order chi connectivity index (χ0) is 37.3. The van der Waals surface area contributed by atoms with E-state index in [0.717, 1.165) is 47.6 Å². The van der Waals surface area contributed by atoms with Crippen molar-refractivity contribution in [3.8, 4) is 42.5 Å². The first-order valence-electron chi connectivity index (χ1n) is 13.7. The van der Waals surface area contributed by atoms with Gasteiger partial charge in [0.15, 0.2) is 25.6 Å². The number of carbonyl (C=O) groups is 2. The fraction of sp³-hybridized carbons (Fsp3) is 0.103. The van der Waals surface area contributed by atoms with Gasteiger partial charge in [0.25, 0.3) is 0 Å². The molecule has 0 aliphatic rings. The second-order valence-corrected chi connectivity index (χ2v) is 15.8. The van der Waals surface area contributed by atoms with E-state index in [0.29, 0.717) is 42.5 Å². The van der Waals surface area contributed by atoms with Crippen molar-refractivity contribution in [1.82, 2.24) is 40.3 Å². The molecule has 0 aromatic carbocycles. The van der Waals surface area contributed by atoms with Crippen LogP contribution in [0.15, 0.2) is 73.3 Å². The molecule has 0 unspecified atom stereocenters. The first-order valence-corrected chi connectivity index (χ1v) is 19.3. The van der Waals surface area contributed by atoms with Gasteiger partial charge < -0.3 is 9.90 Å². The summed E-state index contributed by atoms with van der Waals surface area (Å²) in [4.78, 5) is 38.4. The van der Waals surface area contributed by atoms with Crippen LogP contribution in [0.4, 0.5) is 8.78 Å². The molecule has 6 heterocycles. The maximum Gasteiger partial charge on any atom is 1.00 e. The van der Waals surface area contributed by atoms with Crippen LogP contribution in [0.5, 0.6) is 0 Å². The Bertz CT molecular complexity index is 2430. The number of halogens is 2. The number of sulfonamides is 1. The van der Waals surface area contributed by atoms with Crippen LogP contribution in [-0.4, -0.2) is 87.2 Å². The van der Waals surface area contributed by atoms with Crippen LogP contribution in [0.2, 0.25) is 0 Å². The molecule has 0 amide bonds. The Morgan fingerprint density at radius 3 is 1.52 bits per heavy atom. The van der Waals surface area contributed by atoms with Crippen LogP contribution in [0.25, 0.3) is 42.5 Å². The summed E-state index contributed by atoms with van der Waals surface area (Å²) in [5.41, 5.74) is 1.57. The van der Waals surface area contributed by atoms with Gasteiger partial charge in [-0.3, -0.25) is 14.8 Å². The van der Waals surface area contributed by atoms with E-state index in [4.69, 9.17) is 0 Å². The number of hydrogen-bond acceptors (Lipinski definition) is 17. The minimum absolute atomic E-state index is 0. The molecule has 0 saturated carbocycles. The van der Waals surface area contributed by atoms with E-state index in [-0.39, 0.29) is 30.2 Å². The number of rotatable bonds is 8. The van der Waals surface area contributed by atoms with E-state index in [1.165, 1.54) is 42.7 Å². The number of Topliss-reactive ketones (excluding diaryl/α,β-unsaturated/α-hetero) is 1. The van der Waals surface area contributed by atoms with E-state index < -0.39 is 49.0 Å². The van der Waals surface area contributed by atoms with Gasteiger partial charge in [-0.1, -0.05) is 34.8 Å². The molecule has 52 heavy (non-hydrogen) atoms. The molecule has 6 aromatic rings. The fourth-order valence-corrected chi connectivity index (χ4v) is 5.85. The van der Waals surface area contributed by atoms with Crippen LogP contribution in [0.3, 0.4) is 0 Å². The van der Waals surface area contributed by atoms with Gasteiger partial charge >= 0.3 is 18.9 Å². The normalized spacial score (nSPS) is 10.9. The molecule has 264 valence electrons. The van der Waals surface area contributed by atoms with Crippen molar-refractivity contribution in [2.45, 2.75) is 0 Å². The smallest absolute Gasteiger partial charge is 0.543 e. The summed E-state index contributed by atoms with van der Waals surface area (Å²) < 4.78 is 67.7. The minimum Gasteiger partial charge on any atom is -0.543 e. The number of carbonyl (C=O) groups excluding carboxylic acids is 2. The van der Waals surface area contributed by atoms with Crippen molar-refractivity contribution in [1.29, 1.82) is 0 Å². The van der Waals surface area contributed by atoms with Crippen molar-refractivity contribution >= 4 is 54.3 Å². The molecule has 6 aromatic heterocycles. The summed E-state index contributed by atoms with van der Waals surface area (Å²) in [6, 6.07) is 11.7. The number of carboxylic acid groups (broad SMARTS) is 1. The monoisotopic (exact) mass is 781 g/mol. The SMILES string of the molecule is CS(=O)(=O)CC(=O)c1cccc(-c2nnc(-c3cncc(F)c3)s2)n1.CS(N)(=O)=O.O=C([O-])c1cccc(-c2nnc(-c3cncc(F)c3)s2)n1.[Li+]. The van der Waals surface area contributed by atoms with Gasteiger partial charge in [0, 0.05) is 29.8 Å². The third kappa shape index (κ3) is 13.1. The van der Waals surface area contributed by atoms with Gasteiger partial charge in [0.1, 0.15) is 44.5 Å². The van der Waals surface area contributed by atoms with Crippen LogP contribution < -0.4 is 29.1 Å². The Morgan fingerprint density at radius 2 is 1.12 bits per heavy atom. The van der Waals surface area contributed by atoms with E-state index in [1.807, 2.05) is 0 Å². The molecular weight excluding hydrogens is 760 g/mol. The summed E-state index contributed by atoms with van der Waals surface area (Å²) in [6.45, 7) is 0. The Morgan fingerprint density at radius 1 is 0.712 bits per heavy atom. The van der Waals surface area contributed by atoms with Gasteiger partial charge in [0.2, 0.25) is 10.0 Å². The molecular formula is C29H22F2LiN9O7S4. The first kappa shape index (κ1) is 41.6. The number of sulfone groups is 1. The van der Waals surface area contributed by atoms with Gasteiger partial charge in [-0.25, -0.2) is 40.7 Å². The molecule has 0 aliphatic carbocycles. The van der Waals surface area contributed by atoms with Gasteiger partial charge in [-0.2, -0.15) is 0 Å². The number of pyridine rings is 4. The van der Waals surface area contributed by atoms with Gasteiger partial charge in [-0.05, 0) is 36.4 Å². The largest absolute Gasteiger partial charge is 1.00 e. The molecule has 23 heteroatoms. The molecule has 0 saturated heterocycles. The summed E-state index contributed by atoms with van der Waals surface area (Å²) in [5, 5.41) is 32.7. The first-order chi connectivity index (χ1) is 23.9. The Labute approximate surface area is 314 Å². The Kier molecular flexibility index (Phi) is 14.5. The molecule has 0 radical (unpaired) electrons. The number of aromatic nitrogens is 8. The third-order valence-electron chi connectivity index (χ3n) is 5.58. The van der Waals surface area contributed by atoms with E-state index >= 15 is 0 Å². The second-order valence-electron chi connectivity index (χ2n) is 10.0. The van der Waals surface area contributed by atoms with E-state index in [1.54, 1.807) is 18.2 Å². The average Bonchev–Trinajstić information content (AvgIpc) is 3.75. The Hall–Kier alpha value is -4.82. The molecule has 0 atom stereocenters. The van der Waals surface area contributed by atoms with Crippen molar-refractivity contribution < 1.29 is 59.2 Å². The van der Waals surface area contributed by atoms with Gasteiger partial charge in [0.05, 0.1) is 30.3 Å². The maximum absolute atomic E-state index is 13.3. The van der Waals surface area contributed by atoms with Gasteiger partial charge in [-0.15, -0.1) is 20.4 Å². The number of carboxylic acids is 1. The zero-order valence-corrected chi connectivity index (χ0v) is 30.3. The molecule has 2 N–H and O–H groups in total. The van der Waals surface area contributed by atoms with E-state index in [9.17, 15) is 40.3 Å². The zero-order valence-electron chi connectivity index (χ0n) is 27.0. The number of primary sulfonamides is 1. The summed E-state index contributed by atoms with van der Waals surface area (Å²) in [7, 11) is -6.61. The maximum atomic E-state index is 13.3. The summed E-state index contributed by atoms with van der Waals surface area (Å²) >= 11 is 2.32. The van der Waals surface area contributed by atoms with E-state index in [2.05, 4.69) is 45.5 Å². The number of hydrogen-bond donors (Lipinski definition) is 1. The topological polar surface area (TPSA) is 255 Å². The van der Waals surface area contributed by atoms with Crippen LogP contribution in [0, 0.1) is 11.6 Å². The third-order valence-corrected chi connectivity index (χ3v) is 8.35. The fourth-order valence-electron chi connectivity index (χ4n) is 3.63. The van der Waals surface area contributed by atoms with Crippen LogP contribution >= 0.6 is 22.7 Å².